The molecule has 0 saturated carbocycles. The van der Waals surface area contributed by atoms with Gasteiger partial charge < -0.3 is 10.1 Å². The highest BCUT2D eigenvalue weighted by molar-refractivity contribution is 7.18. The van der Waals surface area contributed by atoms with Crippen LogP contribution in [-0.4, -0.2) is 34.5 Å². The molecule has 0 atom stereocenters. The SMILES string of the molecule is CCOC(=O)c1c(NC(=O)c2cc(-c3ccc(Cl)c(Cl)c3)n[nH]2)sc(C(C)=O)c1C. The van der Waals surface area contributed by atoms with Gasteiger partial charge in [0.2, 0.25) is 0 Å². The number of anilines is 1. The molecule has 3 aromatic rings. The molecule has 1 amide bonds. The number of benzene rings is 1. The lowest BCUT2D eigenvalue weighted by Crippen LogP contribution is -2.15. The molecule has 2 aromatic heterocycles. The van der Waals surface area contributed by atoms with Crippen molar-refractivity contribution in [1.82, 2.24) is 10.2 Å². The van der Waals surface area contributed by atoms with E-state index in [0.717, 1.165) is 11.3 Å². The summed E-state index contributed by atoms with van der Waals surface area (Å²) in [6.45, 7) is 4.90. The summed E-state index contributed by atoms with van der Waals surface area (Å²) in [6, 6.07) is 6.55. The predicted octanol–water partition coefficient (Wildman–Crippen LogP) is 5.39. The third-order valence-electron chi connectivity index (χ3n) is 4.21. The van der Waals surface area contributed by atoms with Crippen molar-refractivity contribution in [1.29, 1.82) is 0 Å². The topological polar surface area (TPSA) is 101 Å². The number of halogens is 2. The number of ether oxygens (including phenoxy) is 1. The zero-order valence-electron chi connectivity index (χ0n) is 16.3. The molecule has 156 valence electrons. The maximum Gasteiger partial charge on any atom is 0.341 e. The van der Waals surface area contributed by atoms with Gasteiger partial charge in [-0.15, -0.1) is 11.3 Å². The third kappa shape index (κ3) is 4.40. The largest absolute Gasteiger partial charge is 0.462 e. The van der Waals surface area contributed by atoms with Crippen LogP contribution >= 0.6 is 34.5 Å². The molecule has 0 aliphatic heterocycles. The van der Waals surface area contributed by atoms with Gasteiger partial charge in [-0.05, 0) is 44.5 Å². The van der Waals surface area contributed by atoms with E-state index in [-0.39, 0.29) is 28.6 Å². The van der Waals surface area contributed by atoms with Crippen LogP contribution in [0.5, 0.6) is 0 Å². The number of carbonyl (C=O) groups is 3. The fraction of sp³-hybridized carbons (Fsp3) is 0.200. The lowest BCUT2D eigenvalue weighted by atomic mass is 10.1. The number of amides is 1. The van der Waals surface area contributed by atoms with E-state index in [1.807, 2.05) is 0 Å². The van der Waals surface area contributed by atoms with Gasteiger partial charge in [-0.1, -0.05) is 29.3 Å². The van der Waals surface area contributed by atoms with Gasteiger partial charge >= 0.3 is 5.97 Å². The number of H-pyrrole nitrogens is 1. The predicted molar refractivity (Wildman–Crippen MR) is 117 cm³/mol. The number of Topliss-reactive ketones (excluding diaryl/α,β-unsaturated/α-hetero) is 1. The number of nitrogens with one attached hydrogen (secondary N) is 2. The summed E-state index contributed by atoms with van der Waals surface area (Å²) in [5.41, 5.74) is 1.99. The van der Waals surface area contributed by atoms with Crippen LogP contribution in [0.25, 0.3) is 11.3 Å². The lowest BCUT2D eigenvalue weighted by molar-refractivity contribution is 0.0527. The first-order valence-electron chi connectivity index (χ1n) is 8.86. The average molecular weight is 466 g/mol. The normalized spacial score (nSPS) is 10.7. The second kappa shape index (κ2) is 8.99. The number of aromatic amines is 1. The molecule has 0 spiro atoms. The molecule has 30 heavy (non-hydrogen) atoms. The van der Waals surface area contributed by atoms with Gasteiger partial charge in [-0.25, -0.2) is 4.79 Å². The molecule has 0 bridgehead atoms. The molecule has 2 heterocycles. The number of hydrogen-bond donors (Lipinski definition) is 2. The van der Waals surface area contributed by atoms with Crippen LogP contribution in [0.2, 0.25) is 10.0 Å². The number of thiophene rings is 1. The Bertz CT molecular complexity index is 1150. The molecule has 0 unspecified atom stereocenters. The Morgan fingerprint density at radius 3 is 2.57 bits per heavy atom. The van der Waals surface area contributed by atoms with Crippen LogP contribution in [0, 0.1) is 6.92 Å². The van der Waals surface area contributed by atoms with Gasteiger partial charge in [-0.3, -0.25) is 14.7 Å². The molecule has 0 saturated heterocycles. The van der Waals surface area contributed by atoms with Crippen LogP contribution in [0.4, 0.5) is 5.00 Å². The van der Waals surface area contributed by atoms with E-state index in [0.29, 0.717) is 31.7 Å². The molecule has 3 rings (SSSR count). The fourth-order valence-corrected chi connectivity index (χ4v) is 4.18. The van der Waals surface area contributed by atoms with Crippen molar-refractivity contribution in [3.63, 3.8) is 0 Å². The van der Waals surface area contributed by atoms with E-state index in [1.165, 1.54) is 6.92 Å². The van der Waals surface area contributed by atoms with Crippen molar-refractivity contribution in [3.05, 3.63) is 56.0 Å². The second-order valence-electron chi connectivity index (χ2n) is 6.29. The number of aromatic nitrogens is 2. The summed E-state index contributed by atoms with van der Waals surface area (Å²) in [5, 5.41) is 10.5. The summed E-state index contributed by atoms with van der Waals surface area (Å²) < 4.78 is 5.07. The summed E-state index contributed by atoms with van der Waals surface area (Å²) in [7, 11) is 0. The fourth-order valence-electron chi connectivity index (χ4n) is 2.80. The van der Waals surface area contributed by atoms with Gasteiger partial charge in [0, 0.05) is 5.56 Å². The Morgan fingerprint density at radius 2 is 1.93 bits per heavy atom. The first-order chi connectivity index (χ1) is 14.2. The number of esters is 1. The first-order valence-corrected chi connectivity index (χ1v) is 10.4. The van der Waals surface area contributed by atoms with E-state index in [1.54, 1.807) is 38.1 Å². The number of carbonyl (C=O) groups excluding carboxylic acids is 3. The minimum absolute atomic E-state index is 0.168. The highest BCUT2D eigenvalue weighted by atomic mass is 35.5. The lowest BCUT2D eigenvalue weighted by Gasteiger charge is -2.06. The highest BCUT2D eigenvalue weighted by Crippen LogP contribution is 2.34. The molecular weight excluding hydrogens is 449 g/mol. The molecule has 1 aromatic carbocycles. The number of rotatable bonds is 6. The van der Waals surface area contributed by atoms with Crippen molar-refractivity contribution >= 4 is 57.2 Å². The highest BCUT2D eigenvalue weighted by Gasteiger charge is 2.26. The monoisotopic (exact) mass is 465 g/mol. The average Bonchev–Trinajstić information content (AvgIpc) is 3.29. The molecule has 2 N–H and O–H groups in total. The Balaban J connectivity index is 1.90. The summed E-state index contributed by atoms with van der Waals surface area (Å²) in [6.07, 6.45) is 0. The summed E-state index contributed by atoms with van der Waals surface area (Å²) in [5.74, 6) is -1.32. The summed E-state index contributed by atoms with van der Waals surface area (Å²) >= 11 is 13.0. The van der Waals surface area contributed by atoms with Crippen LogP contribution < -0.4 is 5.32 Å². The maximum absolute atomic E-state index is 12.7. The molecule has 10 heteroatoms. The minimum Gasteiger partial charge on any atom is -0.462 e. The van der Waals surface area contributed by atoms with Crippen LogP contribution in [0.1, 0.15) is 49.9 Å². The molecule has 0 radical (unpaired) electrons. The van der Waals surface area contributed by atoms with E-state index < -0.39 is 11.9 Å². The third-order valence-corrected chi connectivity index (χ3v) is 6.26. The van der Waals surface area contributed by atoms with Crippen LogP contribution in [0.15, 0.2) is 24.3 Å². The zero-order chi connectivity index (χ0) is 22.0. The molecule has 7 nitrogen and oxygen atoms in total. The van der Waals surface area contributed by atoms with Gasteiger partial charge in [0.15, 0.2) is 5.78 Å². The van der Waals surface area contributed by atoms with Crippen LogP contribution in [0.3, 0.4) is 0 Å². The number of hydrogen-bond acceptors (Lipinski definition) is 6. The first kappa shape index (κ1) is 22.0. The van der Waals surface area contributed by atoms with Crippen molar-refractivity contribution in [3.8, 4) is 11.3 Å². The van der Waals surface area contributed by atoms with Gasteiger partial charge in [0.25, 0.3) is 5.91 Å². The molecule has 0 aliphatic carbocycles. The molecular formula is C20H17Cl2N3O4S. The minimum atomic E-state index is -0.602. The van der Waals surface area contributed by atoms with Crippen molar-refractivity contribution in [2.45, 2.75) is 20.8 Å². The van der Waals surface area contributed by atoms with Crippen molar-refractivity contribution in [2.75, 3.05) is 11.9 Å². The van der Waals surface area contributed by atoms with E-state index in [2.05, 4.69) is 15.5 Å². The van der Waals surface area contributed by atoms with E-state index in [9.17, 15) is 14.4 Å². The Hall–Kier alpha value is -2.68. The molecule has 0 fully saturated rings. The standard InChI is InChI=1S/C20H17Cl2N3O4S/c1-4-29-20(28)16-9(2)17(10(3)26)30-19(16)23-18(27)15-8-14(24-25-15)11-5-6-12(21)13(22)7-11/h5-8H,4H2,1-3H3,(H,23,27)(H,24,25). The zero-order valence-corrected chi connectivity index (χ0v) is 18.6. The Labute approximate surface area is 186 Å². The Morgan fingerprint density at radius 1 is 1.20 bits per heavy atom. The number of ketones is 1. The molecule has 0 aliphatic rings. The smallest absolute Gasteiger partial charge is 0.341 e. The van der Waals surface area contributed by atoms with Gasteiger partial charge in [0.1, 0.15) is 10.7 Å². The van der Waals surface area contributed by atoms with Crippen molar-refractivity contribution < 1.29 is 19.1 Å². The quantitative estimate of drug-likeness (QED) is 0.375. The van der Waals surface area contributed by atoms with Crippen LogP contribution in [-0.2, 0) is 4.74 Å². The van der Waals surface area contributed by atoms with Gasteiger partial charge in [0.05, 0.1) is 32.8 Å². The number of nitrogens with zero attached hydrogens (tertiary/aromatic N) is 1. The van der Waals surface area contributed by atoms with E-state index in [4.69, 9.17) is 27.9 Å². The maximum atomic E-state index is 12.7. The van der Waals surface area contributed by atoms with Gasteiger partial charge in [-0.2, -0.15) is 5.10 Å². The van der Waals surface area contributed by atoms with E-state index >= 15 is 0 Å². The second-order valence-corrected chi connectivity index (χ2v) is 8.12. The summed E-state index contributed by atoms with van der Waals surface area (Å²) in [4.78, 5) is 37.4. The van der Waals surface area contributed by atoms with Crippen molar-refractivity contribution in [2.24, 2.45) is 0 Å². The Kier molecular flexibility index (Phi) is 6.60.